The Morgan fingerprint density at radius 2 is 2.26 bits per heavy atom. The second-order valence-electron chi connectivity index (χ2n) is 8.75. The van der Waals surface area contributed by atoms with Crippen molar-refractivity contribution in [3.05, 3.63) is 30.0 Å². The summed E-state index contributed by atoms with van der Waals surface area (Å²) in [5.41, 5.74) is 1.35. The van der Waals surface area contributed by atoms with Gasteiger partial charge in [0.15, 0.2) is 0 Å². The Labute approximate surface area is 198 Å². The fourth-order valence-corrected chi connectivity index (χ4v) is 4.92. The van der Waals surface area contributed by atoms with E-state index in [1.807, 2.05) is 31.2 Å². The van der Waals surface area contributed by atoms with Crippen molar-refractivity contribution in [3.8, 4) is 11.8 Å². The Hall–Kier alpha value is -3.13. The number of nitriles is 1. The highest BCUT2D eigenvalue weighted by Crippen LogP contribution is 2.33. The van der Waals surface area contributed by atoms with Crippen LogP contribution in [0.3, 0.4) is 0 Å². The molecule has 3 heterocycles. The molecule has 10 heteroatoms. The van der Waals surface area contributed by atoms with Gasteiger partial charge in [-0.1, -0.05) is 6.07 Å². The number of hydrogen-bond donors (Lipinski definition) is 4. The van der Waals surface area contributed by atoms with Crippen LogP contribution in [0.1, 0.15) is 38.1 Å². The molecule has 34 heavy (non-hydrogen) atoms. The van der Waals surface area contributed by atoms with Crippen molar-refractivity contribution in [2.45, 2.75) is 50.6 Å². The summed E-state index contributed by atoms with van der Waals surface area (Å²) in [6.45, 7) is 3.33. The fourth-order valence-electron chi connectivity index (χ4n) is 4.92. The van der Waals surface area contributed by atoms with E-state index in [1.54, 1.807) is 12.0 Å². The molecule has 0 aliphatic carbocycles. The summed E-state index contributed by atoms with van der Waals surface area (Å²) in [5.74, 6) is -0.0476. The average molecular weight is 470 g/mol. The molecule has 0 saturated carbocycles. The van der Waals surface area contributed by atoms with Crippen LogP contribution in [-0.4, -0.2) is 71.8 Å². The van der Waals surface area contributed by atoms with Gasteiger partial charge in [-0.3, -0.25) is 14.5 Å². The van der Waals surface area contributed by atoms with Crippen LogP contribution in [0.5, 0.6) is 5.75 Å². The maximum atomic E-state index is 13.2. The van der Waals surface area contributed by atoms with Gasteiger partial charge in [-0.15, -0.1) is 0 Å². The van der Waals surface area contributed by atoms with Crippen LogP contribution in [-0.2, 0) is 14.3 Å². The summed E-state index contributed by atoms with van der Waals surface area (Å²) in [6, 6.07) is 8.04. The van der Waals surface area contributed by atoms with Gasteiger partial charge in [0.05, 0.1) is 31.0 Å². The van der Waals surface area contributed by atoms with Gasteiger partial charge in [-0.05, 0) is 44.4 Å². The van der Waals surface area contributed by atoms with E-state index in [2.05, 4.69) is 21.7 Å². The Morgan fingerprint density at radius 3 is 2.94 bits per heavy atom. The van der Waals surface area contributed by atoms with Gasteiger partial charge in [0.25, 0.3) is 0 Å². The number of aliphatic hydroxyl groups excluding tert-OH is 1. The zero-order chi connectivity index (χ0) is 24.2. The molecule has 5 atom stereocenters. The normalized spacial score (nSPS) is 24.5. The minimum Gasteiger partial charge on any atom is -0.496 e. The number of hydrogen-bond acceptors (Lipinski definition) is 7. The number of carbonyl (C=O) groups is 2. The highest BCUT2D eigenvalue weighted by atomic mass is 16.5. The van der Waals surface area contributed by atoms with E-state index < -0.39 is 18.3 Å². The van der Waals surface area contributed by atoms with E-state index in [-0.39, 0.29) is 30.3 Å². The van der Waals surface area contributed by atoms with E-state index in [1.165, 1.54) is 0 Å². The van der Waals surface area contributed by atoms with Crippen molar-refractivity contribution < 1.29 is 24.2 Å². The molecule has 0 bridgehead atoms. The number of benzene rings is 1. The zero-order valence-corrected chi connectivity index (χ0v) is 19.4. The van der Waals surface area contributed by atoms with Gasteiger partial charge in [-0.2, -0.15) is 5.26 Å². The van der Waals surface area contributed by atoms with E-state index >= 15 is 0 Å². The van der Waals surface area contributed by atoms with Gasteiger partial charge in [0.2, 0.25) is 11.8 Å². The minimum absolute atomic E-state index is 0.0851. The second-order valence-corrected chi connectivity index (χ2v) is 8.75. The molecular weight excluding hydrogens is 438 g/mol. The summed E-state index contributed by atoms with van der Waals surface area (Å²) in [6.07, 6.45) is -0.00490. The Bertz CT molecular complexity index is 1080. The molecule has 1 aromatic carbocycles. The van der Waals surface area contributed by atoms with Gasteiger partial charge >= 0.3 is 0 Å². The molecule has 0 spiro atoms. The average Bonchev–Trinajstić information content (AvgIpc) is 3.56. The first-order chi connectivity index (χ1) is 16.4. The van der Waals surface area contributed by atoms with E-state index in [0.717, 1.165) is 10.9 Å². The van der Waals surface area contributed by atoms with Gasteiger partial charge in [0, 0.05) is 36.5 Å². The highest BCUT2D eigenvalue weighted by Gasteiger charge is 2.42. The molecular formula is C24H31N5O5. The molecule has 2 aliphatic heterocycles. The number of fused-ring (bicyclic) bond motifs is 1. The number of amides is 2. The van der Waals surface area contributed by atoms with Gasteiger partial charge < -0.3 is 30.2 Å². The topological polar surface area (TPSA) is 140 Å². The Morgan fingerprint density at radius 1 is 1.44 bits per heavy atom. The van der Waals surface area contributed by atoms with Crippen LogP contribution >= 0.6 is 0 Å². The number of nitrogens with zero attached hydrogens (tertiary/aromatic N) is 2. The molecule has 0 radical (unpaired) electrons. The lowest BCUT2D eigenvalue weighted by molar-refractivity contribution is -0.130. The molecule has 4 N–H and O–H groups in total. The predicted molar refractivity (Wildman–Crippen MR) is 124 cm³/mol. The number of methoxy groups -OCH3 is 1. The lowest BCUT2D eigenvalue weighted by Gasteiger charge is -2.28. The quantitative estimate of drug-likeness (QED) is 0.432. The van der Waals surface area contributed by atoms with Crippen LogP contribution in [0, 0.1) is 17.2 Å². The minimum atomic E-state index is -1.08. The molecule has 5 unspecified atom stereocenters. The molecule has 2 fully saturated rings. The molecule has 2 aromatic rings. The first-order valence-electron chi connectivity index (χ1n) is 11.6. The Kier molecular flexibility index (Phi) is 7.36. The summed E-state index contributed by atoms with van der Waals surface area (Å²) in [7, 11) is 1.59. The number of carbonyl (C=O) groups excluding carboxylic acids is 2. The molecule has 2 saturated heterocycles. The molecule has 10 nitrogen and oxygen atoms in total. The standard InChI is InChI=1S/C24H31N5O5/c1-3-34-16-10-20(23(31)27-15(12-25)9-14-7-8-26-22(14)30)29(13-16)24(32)19-11-17-18(28-19)5-4-6-21(17)33-2/h4-6,11,14-16,20,24,28,32H,3,7-10,13H2,1-2H3,(H,26,30)(H,27,31). The summed E-state index contributed by atoms with van der Waals surface area (Å²) >= 11 is 0. The van der Waals surface area contributed by atoms with Crippen LogP contribution in [0.25, 0.3) is 10.9 Å². The van der Waals surface area contributed by atoms with Gasteiger partial charge in [-0.25, -0.2) is 0 Å². The maximum Gasteiger partial charge on any atom is 0.238 e. The number of rotatable bonds is 9. The number of aliphatic hydroxyl groups is 1. The van der Waals surface area contributed by atoms with Crippen molar-refractivity contribution in [2.24, 2.45) is 5.92 Å². The molecule has 182 valence electrons. The van der Waals surface area contributed by atoms with E-state index in [9.17, 15) is 20.0 Å². The first-order valence-corrected chi connectivity index (χ1v) is 11.6. The third kappa shape index (κ3) is 4.87. The zero-order valence-electron chi connectivity index (χ0n) is 19.4. The third-order valence-electron chi connectivity index (χ3n) is 6.62. The number of likely N-dealkylation sites (tertiary alicyclic amines) is 1. The summed E-state index contributed by atoms with van der Waals surface area (Å²) in [4.78, 5) is 30.0. The van der Waals surface area contributed by atoms with Crippen LogP contribution in [0.15, 0.2) is 24.3 Å². The fraction of sp³-hybridized carbons (Fsp3) is 0.542. The first kappa shape index (κ1) is 24.0. The number of aromatic amines is 1. The molecule has 2 aliphatic rings. The maximum absolute atomic E-state index is 13.2. The Balaban J connectivity index is 1.52. The van der Waals surface area contributed by atoms with Crippen molar-refractivity contribution in [1.29, 1.82) is 5.26 Å². The van der Waals surface area contributed by atoms with E-state index in [4.69, 9.17) is 9.47 Å². The third-order valence-corrected chi connectivity index (χ3v) is 6.62. The van der Waals surface area contributed by atoms with Crippen LogP contribution in [0.4, 0.5) is 0 Å². The highest BCUT2D eigenvalue weighted by molar-refractivity contribution is 5.87. The predicted octanol–water partition coefficient (Wildman–Crippen LogP) is 1.18. The van der Waals surface area contributed by atoms with Crippen molar-refractivity contribution in [2.75, 3.05) is 26.8 Å². The van der Waals surface area contributed by atoms with Crippen molar-refractivity contribution in [1.82, 2.24) is 20.5 Å². The monoisotopic (exact) mass is 469 g/mol. The smallest absolute Gasteiger partial charge is 0.238 e. The number of aromatic nitrogens is 1. The SMILES string of the molecule is CCOC1CC(C(=O)NC(C#N)CC2CCNC2=O)N(C(O)c2cc3c(OC)cccc3[nH]2)C1. The van der Waals surface area contributed by atoms with Crippen molar-refractivity contribution in [3.63, 3.8) is 0 Å². The largest absolute Gasteiger partial charge is 0.496 e. The van der Waals surface area contributed by atoms with Gasteiger partial charge in [0.1, 0.15) is 18.0 Å². The number of H-pyrrole nitrogens is 1. The lowest BCUT2D eigenvalue weighted by atomic mass is 9.98. The summed E-state index contributed by atoms with van der Waals surface area (Å²) in [5, 5.41) is 27.2. The van der Waals surface area contributed by atoms with Crippen LogP contribution in [0.2, 0.25) is 0 Å². The number of ether oxygens (including phenoxy) is 2. The number of nitrogens with one attached hydrogen (secondary N) is 3. The molecule has 4 rings (SSSR count). The van der Waals surface area contributed by atoms with E-state index in [0.29, 0.717) is 44.0 Å². The van der Waals surface area contributed by atoms with Crippen molar-refractivity contribution >= 4 is 22.7 Å². The summed E-state index contributed by atoms with van der Waals surface area (Å²) < 4.78 is 11.2. The molecule has 1 aromatic heterocycles. The second kappa shape index (κ2) is 10.4. The molecule has 2 amide bonds. The van der Waals surface area contributed by atoms with Crippen LogP contribution < -0.4 is 15.4 Å². The lowest BCUT2D eigenvalue weighted by Crippen LogP contribution is -2.48.